The normalized spacial score (nSPS) is 10.2. The van der Waals surface area contributed by atoms with Crippen molar-refractivity contribution < 1.29 is 0 Å². The lowest BCUT2D eigenvalue weighted by molar-refractivity contribution is 1.36. The lowest BCUT2D eigenvalue weighted by Gasteiger charge is -1.98. The van der Waals surface area contributed by atoms with E-state index in [9.17, 15) is 0 Å². The molecule has 0 spiro atoms. The van der Waals surface area contributed by atoms with Gasteiger partial charge in [-0.05, 0) is 42.1 Å². The van der Waals surface area contributed by atoms with Crippen LogP contribution < -0.4 is 11.1 Å². The van der Waals surface area contributed by atoms with Crippen molar-refractivity contribution in [1.82, 2.24) is 5.32 Å². The van der Waals surface area contributed by atoms with Crippen LogP contribution in [0.3, 0.4) is 0 Å². The van der Waals surface area contributed by atoms with Crippen LogP contribution in [0.5, 0.6) is 0 Å². The zero-order valence-electron chi connectivity index (χ0n) is 7.61. The minimum absolute atomic E-state index is 0.105. The number of nitrogens with two attached hydrogens (primary N) is 1. The summed E-state index contributed by atoms with van der Waals surface area (Å²) in [4.78, 5) is 3.95. The molecule has 3 N–H and O–H groups in total. The molecule has 0 atom stereocenters. The minimum atomic E-state index is 0.105. The van der Waals surface area contributed by atoms with Crippen LogP contribution >= 0.6 is 36.0 Å². The van der Waals surface area contributed by atoms with Crippen LogP contribution in [0.4, 0.5) is 0 Å². The van der Waals surface area contributed by atoms with Gasteiger partial charge in [-0.2, -0.15) is 0 Å². The van der Waals surface area contributed by atoms with Gasteiger partial charge in [0, 0.05) is 11.2 Å². The standard InChI is InChI=1S/C9H8ClN3S2/c10-7-3-1-6(2-4-7)5-12-9(15)13-8(11)14/h1-5H,(H3,11,13,14,15). The van der Waals surface area contributed by atoms with E-state index in [1.807, 2.05) is 12.1 Å². The number of nitrogens with one attached hydrogen (secondary N) is 1. The maximum absolute atomic E-state index is 5.73. The summed E-state index contributed by atoms with van der Waals surface area (Å²) in [7, 11) is 0. The summed E-state index contributed by atoms with van der Waals surface area (Å²) in [6.07, 6.45) is 1.60. The van der Waals surface area contributed by atoms with Gasteiger partial charge in [0.2, 0.25) is 0 Å². The van der Waals surface area contributed by atoms with E-state index in [-0.39, 0.29) is 10.2 Å². The van der Waals surface area contributed by atoms with E-state index < -0.39 is 0 Å². The molecule has 1 aromatic rings. The molecule has 3 nitrogen and oxygen atoms in total. The molecule has 0 aliphatic heterocycles. The summed E-state index contributed by atoms with van der Waals surface area (Å²) >= 11 is 15.2. The van der Waals surface area contributed by atoms with Gasteiger partial charge in [-0.1, -0.05) is 23.7 Å². The van der Waals surface area contributed by atoms with Gasteiger partial charge in [-0.3, -0.25) is 0 Å². The lowest BCUT2D eigenvalue weighted by atomic mass is 10.2. The van der Waals surface area contributed by atoms with E-state index in [4.69, 9.17) is 29.6 Å². The highest BCUT2D eigenvalue weighted by atomic mass is 35.5. The first-order chi connectivity index (χ1) is 7.08. The number of rotatable bonds is 1. The average Bonchev–Trinajstić information content (AvgIpc) is 2.16. The highest BCUT2D eigenvalue weighted by Gasteiger charge is 1.92. The highest BCUT2D eigenvalue weighted by Crippen LogP contribution is 2.07. The van der Waals surface area contributed by atoms with Gasteiger partial charge >= 0.3 is 0 Å². The highest BCUT2D eigenvalue weighted by molar-refractivity contribution is 7.81. The second-order valence-electron chi connectivity index (χ2n) is 2.60. The van der Waals surface area contributed by atoms with Gasteiger partial charge in [0.15, 0.2) is 10.2 Å². The Balaban J connectivity index is 2.61. The van der Waals surface area contributed by atoms with Crippen molar-refractivity contribution >= 4 is 52.5 Å². The Morgan fingerprint density at radius 1 is 1.33 bits per heavy atom. The molecule has 0 bridgehead atoms. The zero-order valence-corrected chi connectivity index (χ0v) is 9.99. The van der Waals surface area contributed by atoms with Crippen molar-refractivity contribution in [3.63, 3.8) is 0 Å². The first-order valence-electron chi connectivity index (χ1n) is 3.98. The molecule has 0 amide bonds. The third kappa shape index (κ3) is 4.83. The number of hydrogen-bond acceptors (Lipinski definition) is 2. The zero-order chi connectivity index (χ0) is 11.3. The molecule has 0 aliphatic rings. The van der Waals surface area contributed by atoms with Crippen molar-refractivity contribution in [2.45, 2.75) is 0 Å². The van der Waals surface area contributed by atoms with Gasteiger partial charge < -0.3 is 11.1 Å². The first kappa shape index (κ1) is 12.0. The molecule has 0 aromatic heterocycles. The van der Waals surface area contributed by atoms with E-state index in [1.54, 1.807) is 18.3 Å². The van der Waals surface area contributed by atoms with E-state index in [1.165, 1.54) is 0 Å². The maximum Gasteiger partial charge on any atom is 0.198 e. The summed E-state index contributed by atoms with van der Waals surface area (Å²) < 4.78 is 0. The lowest BCUT2D eigenvalue weighted by Crippen LogP contribution is -2.32. The van der Waals surface area contributed by atoms with Crippen LogP contribution in [0.25, 0.3) is 0 Å². The van der Waals surface area contributed by atoms with Crippen LogP contribution in [0.2, 0.25) is 5.02 Å². The predicted molar refractivity (Wildman–Crippen MR) is 71.6 cm³/mol. The van der Waals surface area contributed by atoms with E-state index in [0.29, 0.717) is 5.02 Å². The van der Waals surface area contributed by atoms with Gasteiger partial charge in [-0.15, -0.1) is 0 Å². The molecule has 0 aliphatic carbocycles. The Hall–Kier alpha value is -1.04. The van der Waals surface area contributed by atoms with Gasteiger partial charge in [0.1, 0.15) is 0 Å². The van der Waals surface area contributed by atoms with Gasteiger partial charge in [0.05, 0.1) is 0 Å². The van der Waals surface area contributed by atoms with Crippen LogP contribution in [0.1, 0.15) is 5.56 Å². The number of hydrogen-bond donors (Lipinski definition) is 2. The summed E-state index contributed by atoms with van der Waals surface area (Å²) in [6, 6.07) is 7.20. The summed E-state index contributed by atoms with van der Waals surface area (Å²) in [5.74, 6) is 0. The Bertz CT molecular complexity index is 400. The SMILES string of the molecule is NC(=S)NC(=S)N=Cc1ccc(Cl)cc1. The van der Waals surface area contributed by atoms with E-state index in [0.717, 1.165) is 5.56 Å². The predicted octanol–water partition coefficient (Wildman–Crippen LogP) is 1.88. The van der Waals surface area contributed by atoms with Crippen LogP contribution in [-0.2, 0) is 0 Å². The molecule has 0 saturated heterocycles. The Kier molecular flexibility index (Phi) is 4.61. The van der Waals surface area contributed by atoms with Crippen molar-refractivity contribution in [2.75, 3.05) is 0 Å². The topological polar surface area (TPSA) is 50.4 Å². The number of nitrogens with zero attached hydrogens (tertiary/aromatic N) is 1. The summed E-state index contributed by atoms with van der Waals surface area (Å²) in [5.41, 5.74) is 6.12. The molecule has 78 valence electrons. The fourth-order valence-electron chi connectivity index (χ4n) is 0.820. The molecule has 15 heavy (non-hydrogen) atoms. The van der Waals surface area contributed by atoms with Crippen molar-refractivity contribution in [3.8, 4) is 0 Å². The monoisotopic (exact) mass is 257 g/mol. The molecule has 0 unspecified atom stereocenters. The molecule has 1 rings (SSSR count). The molecular weight excluding hydrogens is 250 g/mol. The van der Waals surface area contributed by atoms with E-state index >= 15 is 0 Å². The Labute approximate surface area is 103 Å². The average molecular weight is 258 g/mol. The smallest absolute Gasteiger partial charge is 0.198 e. The minimum Gasteiger partial charge on any atom is -0.376 e. The molecule has 1 aromatic carbocycles. The van der Waals surface area contributed by atoms with Gasteiger partial charge in [-0.25, -0.2) is 4.99 Å². The summed E-state index contributed by atoms with van der Waals surface area (Å²) in [6.45, 7) is 0. The fraction of sp³-hybridized carbons (Fsp3) is 0. The second-order valence-corrected chi connectivity index (χ2v) is 3.87. The van der Waals surface area contributed by atoms with Crippen molar-refractivity contribution in [3.05, 3.63) is 34.9 Å². The van der Waals surface area contributed by atoms with Crippen LogP contribution in [0, 0.1) is 0 Å². The molecule has 6 heteroatoms. The van der Waals surface area contributed by atoms with Crippen molar-refractivity contribution in [2.24, 2.45) is 10.7 Å². The van der Waals surface area contributed by atoms with Crippen LogP contribution in [0.15, 0.2) is 29.3 Å². The van der Waals surface area contributed by atoms with E-state index in [2.05, 4.69) is 22.5 Å². The van der Waals surface area contributed by atoms with Gasteiger partial charge in [0.25, 0.3) is 0 Å². The van der Waals surface area contributed by atoms with Crippen molar-refractivity contribution in [1.29, 1.82) is 0 Å². The largest absolute Gasteiger partial charge is 0.376 e. The molecule has 0 radical (unpaired) electrons. The summed E-state index contributed by atoms with van der Waals surface area (Å²) in [5, 5.41) is 3.56. The number of halogens is 1. The fourth-order valence-corrected chi connectivity index (χ4v) is 1.27. The van der Waals surface area contributed by atoms with Crippen LogP contribution in [-0.4, -0.2) is 16.4 Å². The Morgan fingerprint density at radius 3 is 2.47 bits per heavy atom. The molecule has 0 heterocycles. The third-order valence-electron chi connectivity index (χ3n) is 1.43. The molecule has 0 saturated carbocycles. The Morgan fingerprint density at radius 2 is 1.93 bits per heavy atom. The first-order valence-corrected chi connectivity index (χ1v) is 5.17. The molecule has 0 fully saturated rings. The number of aliphatic imine (C=N–C) groups is 1. The third-order valence-corrected chi connectivity index (χ3v) is 1.99. The molecular formula is C9H8ClN3S2. The second kappa shape index (κ2) is 5.75. The number of thiocarbonyl (C=S) groups is 2. The number of benzene rings is 1. The maximum atomic E-state index is 5.73. The quantitative estimate of drug-likeness (QED) is 0.596.